The fourth-order valence-electron chi connectivity index (χ4n) is 2.16. The first-order valence-corrected chi connectivity index (χ1v) is 8.09. The first kappa shape index (κ1) is 14.5. The molecule has 1 aromatic rings. The van der Waals surface area contributed by atoms with Crippen LogP contribution in [0.2, 0.25) is 0 Å². The number of aromatic nitrogens is 1. The smallest absolute Gasteiger partial charge is 0.242 e. The number of rotatable bonds is 6. The highest BCUT2D eigenvalue weighted by atomic mass is 32.2. The van der Waals surface area contributed by atoms with Gasteiger partial charge in [-0.25, -0.2) is 13.1 Å². The topological polar surface area (TPSA) is 97.2 Å². The van der Waals surface area contributed by atoms with Gasteiger partial charge in [0.05, 0.1) is 11.0 Å². The van der Waals surface area contributed by atoms with Crippen LogP contribution >= 0.6 is 0 Å². The van der Waals surface area contributed by atoms with E-state index in [9.17, 15) is 8.42 Å². The number of hydrogen-bond acceptors (Lipinski definition) is 4. The van der Waals surface area contributed by atoms with Crippen molar-refractivity contribution in [2.75, 3.05) is 13.2 Å². The molecule has 1 aliphatic heterocycles. The summed E-state index contributed by atoms with van der Waals surface area (Å²) in [5.74, 6) is 0. The quantitative estimate of drug-likeness (QED) is 0.718. The van der Waals surface area contributed by atoms with Crippen LogP contribution in [0.1, 0.15) is 31.4 Å². The van der Waals surface area contributed by atoms with Gasteiger partial charge in [-0.3, -0.25) is 0 Å². The fourth-order valence-corrected chi connectivity index (χ4v) is 3.23. The predicted molar refractivity (Wildman–Crippen MR) is 72.1 cm³/mol. The van der Waals surface area contributed by atoms with E-state index < -0.39 is 10.0 Å². The molecule has 0 bridgehead atoms. The van der Waals surface area contributed by atoms with E-state index in [-0.39, 0.29) is 11.0 Å². The zero-order chi connectivity index (χ0) is 13.7. The van der Waals surface area contributed by atoms with Crippen molar-refractivity contribution < 1.29 is 13.2 Å². The molecule has 7 heteroatoms. The Balaban J connectivity index is 1.83. The van der Waals surface area contributed by atoms with Crippen molar-refractivity contribution in [1.82, 2.24) is 9.71 Å². The van der Waals surface area contributed by atoms with Crippen LogP contribution in [0.5, 0.6) is 0 Å². The SMILES string of the molecule is NCc1cc(S(=O)(=O)NCCC2CCCCO2)c[nH]1. The van der Waals surface area contributed by atoms with Crippen LogP contribution in [0.3, 0.4) is 0 Å². The lowest BCUT2D eigenvalue weighted by atomic mass is 10.1. The third-order valence-corrected chi connectivity index (χ3v) is 4.72. The highest BCUT2D eigenvalue weighted by molar-refractivity contribution is 7.89. The Labute approximate surface area is 113 Å². The van der Waals surface area contributed by atoms with Gasteiger partial charge in [0.1, 0.15) is 0 Å². The molecule has 0 aliphatic carbocycles. The van der Waals surface area contributed by atoms with Crippen molar-refractivity contribution in [3.63, 3.8) is 0 Å². The highest BCUT2D eigenvalue weighted by Crippen LogP contribution is 2.15. The van der Waals surface area contributed by atoms with Crippen LogP contribution in [0, 0.1) is 0 Å². The molecule has 2 heterocycles. The number of sulfonamides is 1. The largest absolute Gasteiger partial charge is 0.378 e. The van der Waals surface area contributed by atoms with Gasteiger partial charge in [-0.1, -0.05) is 0 Å². The van der Waals surface area contributed by atoms with E-state index in [0.717, 1.165) is 25.9 Å². The zero-order valence-electron chi connectivity index (χ0n) is 10.9. The third-order valence-electron chi connectivity index (χ3n) is 3.28. The number of aromatic amines is 1. The molecule has 0 spiro atoms. The first-order chi connectivity index (χ1) is 9.12. The van der Waals surface area contributed by atoms with Gasteiger partial charge < -0.3 is 15.5 Å². The molecule has 2 rings (SSSR count). The summed E-state index contributed by atoms with van der Waals surface area (Å²) in [4.78, 5) is 3.07. The molecule has 1 aliphatic rings. The second-order valence-electron chi connectivity index (χ2n) is 4.74. The van der Waals surface area contributed by atoms with E-state index in [1.807, 2.05) is 0 Å². The van der Waals surface area contributed by atoms with Crippen molar-refractivity contribution in [3.05, 3.63) is 18.0 Å². The number of ether oxygens (including phenoxy) is 1. The second-order valence-corrected chi connectivity index (χ2v) is 6.51. The van der Waals surface area contributed by atoms with Crippen molar-refractivity contribution in [1.29, 1.82) is 0 Å². The Morgan fingerprint density at radius 1 is 1.47 bits per heavy atom. The average Bonchev–Trinajstić information content (AvgIpc) is 2.89. The van der Waals surface area contributed by atoms with Gasteiger partial charge in [-0.05, 0) is 31.7 Å². The minimum Gasteiger partial charge on any atom is -0.378 e. The van der Waals surface area contributed by atoms with E-state index in [1.165, 1.54) is 6.20 Å². The van der Waals surface area contributed by atoms with Crippen molar-refractivity contribution in [2.45, 2.75) is 43.2 Å². The molecule has 6 nitrogen and oxygen atoms in total. The first-order valence-electron chi connectivity index (χ1n) is 6.60. The fraction of sp³-hybridized carbons (Fsp3) is 0.667. The molecule has 1 fully saturated rings. The molecular weight excluding hydrogens is 266 g/mol. The maximum Gasteiger partial charge on any atom is 0.242 e. The summed E-state index contributed by atoms with van der Waals surface area (Å²) < 4.78 is 32.1. The molecule has 1 unspecified atom stereocenters. The van der Waals surface area contributed by atoms with Crippen molar-refractivity contribution >= 4 is 10.0 Å². The van der Waals surface area contributed by atoms with Crippen LogP contribution in [0.4, 0.5) is 0 Å². The molecule has 19 heavy (non-hydrogen) atoms. The van der Waals surface area contributed by atoms with Gasteiger partial charge >= 0.3 is 0 Å². The summed E-state index contributed by atoms with van der Waals surface area (Å²) in [5, 5.41) is 0. The molecule has 1 atom stereocenters. The molecule has 1 saturated heterocycles. The molecule has 0 radical (unpaired) electrons. The van der Waals surface area contributed by atoms with Crippen molar-refractivity contribution in [2.24, 2.45) is 5.73 Å². The summed E-state index contributed by atoms with van der Waals surface area (Å²) in [6.07, 6.45) is 5.64. The summed E-state index contributed by atoms with van der Waals surface area (Å²) in [5.41, 5.74) is 6.15. The lowest BCUT2D eigenvalue weighted by molar-refractivity contribution is 0.0123. The van der Waals surface area contributed by atoms with Crippen molar-refractivity contribution in [3.8, 4) is 0 Å². The molecule has 4 N–H and O–H groups in total. The second kappa shape index (κ2) is 6.51. The number of hydrogen-bond donors (Lipinski definition) is 3. The molecule has 1 aromatic heterocycles. The van der Waals surface area contributed by atoms with Gasteiger partial charge in [0.15, 0.2) is 0 Å². The lowest BCUT2D eigenvalue weighted by Crippen LogP contribution is -2.29. The maximum atomic E-state index is 12.0. The molecular formula is C12H21N3O3S. The molecule has 108 valence electrons. The standard InChI is InChI=1S/C12H21N3O3S/c13-8-10-7-12(9-14-10)19(16,17)15-5-4-11-3-1-2-6-18-11/h7,9,11,14-15H,1-6,8,13H2. The van der Waals surface area contributed by atoms with E-state index in [4.69, 9.17) is 10.5 Å². The highest BCUT2D eigenvalue weighted by Gasteiger charge is 2.18. The van der Waals surface area contributed by atoms with E-state index in [0.29, 0.717) is 25.2 Å². The van der Waals surface area contributed by atoms with Crippen LogP contribution in [0.25, 0.3) is 0 Å². The minimum atomic E-state index is -3.44. The lowest BCUT2D eigenvalue weighted by Gasteiger charge is -2.22. The number of H-pyrrole nitrogens is 1. The van der Waals surface area contributed by atoms with E-state index >= 15 is 0 Å². The predicted octanol–water partition coefficient (Wildman–Crippen LogP) is 0.711. The van der Waals surface area contributed by atoms with Gasteiger partial charge in [-0.2, -0.15) is 0 Å². The average molecular weight is 287 g/mol. The van der Waals surface area contributed by atoms with Gasteiger partial charge in [0.25, 0.3) is 0 Å². The number of nitrogens with one attached hydrogen (secondary N) is 2. The summed E-state index contributed by atoms with van der Waals surface area (Å²) in [6, 6.07) is 1.56. The Hall–Kier alpha value is -0.890. The summed E-state index contributed by atoms with van der Waals surface area (Å²) in [7, 11) is -3.44. The van der Waals surface area contributed by atoms with E-state index in [1.54, 1.807) is 6.07 Å². The van der Waals surface area contributed by atoms with E-state index in [2.05, 4.69) is 9.71 Å². The molecule has 0 aromatic carbocycles. The van der Waals surface area contributed by atoms with Gasteiger partial charge in [-0.15, -0.1) is 0 Å². The maximum absolute atomic E-state index is 12.0. The Kier molecular flexibility index (Phi) is 4.98. The van der Waals surface area contributed by atoms with Crippen LogP contribution < -0.4 is 10.5 Å². The Bertz CT molecular complexity index is 492. The molecule has 0 amide bonds. The van der Waals surface area contributed by atoms with Gasteiger partial charge in [0.2, 0.25) is 10.0 Å². The zero-order valence-corrected chi connectivity index (χ0v) is 11.7. The molecule has 0 saturated carbocycles. The Morgan fingerprint density at radius 3 is 2.95 bits per heavy atom. The summed E-state index contributed by atoms with van der Waals surface area (Å²) >= 11 is 0. The van der Waals surface area contributed by atoms with Crippen LogP contribution in [0.15, 0.2) is 17.2 Å². The summed E-state index contributed by atoms with van der Waals surface area (Å²) in [6.45, 7) is 1.48. The van der Waals surface area contributed by atoms with Gasteiger partial charge in [0, 0.05) is 31.6 Å². The monoisotopic (exact) mass is 287 g/mol. The third kappa shape index (κ3) is 4.04. The van der Waals surface area contributed by atoms with Crippen LogP contribution in [-0.2, 0) is 21.3 Å². The Morgan fingerprint density at radius 2 is 2.32 bits per heavy atom. The number of nitrogens with two attached hydrogens (primary N) is 1. The van der Waals surface area contributed by atoms with Crippen LogP contribution in [-0.4, -0.2) is 32.7 Å². The normalized spacial score (nSPS) is 20.6. The minimum absolute atomic E-state index is 0.183.